The van der Waals surface area contributed by atoms with E-state index in [1.807, 2.05) is 18.2 Å². The van der Waals surface area contributed by atoms with E-state index < -0.39 is 0 Å². The molecule has 0 unspecified atom stereocenters. The highest BCUT2D eigenvalue weighted by atomic mass is 16.3. The molecule has 4 rings (SSSR count). The van der Waals surface area contributed by atoms with E-state index in [-0.39, 0.29) is 42.3 Å². The first-order valence-corrected chi connectivity index (χ1v) is 9.93. The summed E-state index contributed by atoms with van der Waals surface area (Å²) in [5.41, 5.74) is 3.37. The number of carbonyl (C=O) groups is 2. The molecule has 2 fully saturated rings. The number of nitrogens with zero attached hydrogens (tertiary/aromatic N) is 1. The van der Waals surface area contributed by atoms with E-state index in [4.69, 9.17) is 0 Å². The number of carbonyl (C=O) groups excluding carboxylic acids is 2. The van der Waals surface area contributed by atoms with E-state index in [1.54, 1.807) is 4.90 Å². The maximum atomic E-state index is 12.1. The molecule has 0 spiro atoms. The second kappa shape index (κ2) is 7.76. The molecule has 0 radical (unpaired) electrons. The van der Waals surface area contributed by atoms with E-state index in [0.29, 0.717) is 6.54 Å². The molecule has 1 saturated heterocycles. The highest BCUT2D eigenvalue weighted by Gasteiger charge is 2.50. The lowest BCUT2D eigenvalue weighted by molar-refractivity contribution is -0.148. The monoisotopic (exact) mass is 378 g/mol. The van der Waals surface area contributed by atoms with Crippen molar-refractivity contribution < 1.29 is 14.7 Å². The van der Waals surface area contributed by atoms with Crippen LogP contribution in [0.2, 0.25) is 0 Å². The fourth-order valence-corrected chi connectivity index (χ4v) is 4.31. The second-order valence-electron chi connectivity index (χ2n) is 7.78. The van der Waals surface area contributed by atoms with Crippen LogP contribution in [0, 0.1) is 5.92 Å². The van der Waals surface area contributed by atoms with Gasteiger partial charge in [0.05, 0.1) is 18.7 Å². The number of amides is 2. The molecule has 3 atom stereocenters. The molecular weight excluding hydrogens is 352 g/mol. The molecule has 2 aromatic rings. The Labute approximate surface area is 165 Å². The van der Waals surface area contributed by atoms with Crippen molar-refractivity contribution in [3.8, 4) is 11.1 Å². The van der Waals surface area contributed by atoms with E-state index in [1.165, 1.54) is 6.92 Å². The standard InChI is InChI=1S/C23H26N2O3/c1-15(27)25-20(13-24-23(28)19-11-12-19)22(21(25)14-26)18-9-7-17(8-10-18)16-5-3-2-4-6-16/h2-10,19-22,26H,11-14H2,1H3,(H,24,28)/t20-,21-,22+/m0/s1. The molecule has 5 nitrogen and oxygen atoms in total. The van der Waals surface area contributed by atoms with Crippen LogP contribution in [0.15, 0.2) is 54.6 Å². The molecule has 1 saturated carbocycles. The summed E-state index contributed by atoms with van der Waals surface area (Å²) >= 11 is 0. The van der Waals surface area contributed by atoms with Gasteiger partial charge in [-0.25, -0.2) is 0 Å². The molecule has 0 aromatic heterocycles. The zero-order valence-electron chi connectivity index (χ0n) is 16.0. The van der Waals surface area contributed by atoms with Gasteiger partial charge in [0.1, 0.15) is 0 Å². The summed E-state index contributed by atoms with van der Waals surface area (Å²) in [6.45, 7) is 1.86. The summed E-state index contributed by atoms with van der Waals surface area (Å²) in [6.07, 6.45) is 1.91. The molecule has 1 heterocycles. The van der Waals surface area contributed by atoms with Gasteiger partial charge in [-0.05, 0) is 29.5 Å². The molecule has 2 aromatic carbocycles. The summed E-state index contributed by atoms with van der Waals surface area (Å²) in [5, 5.41) is 12.9. The van der Waals surface area contributed by atoms with Gasteiger partial charge in [-0.1, -0.05) is 54.6 Å². The van der Waals surface area contributed by atoms with Crippen LogP contribution in [0.4, 0.5) is 0 Å². The number of aliphatic hydroxyl groups excluding tert-OH is 1. The molecule has 146 valence electrons. The van der Waals surface area contributed by atoms with Crippen LogP contribution in [-0.4, -0.2) is 47.1 Å². The molecule has 0 bridgehead atoms. The van der Waals surface area contributed by atoms with Crippen LogP contribution in [0.5, 0.6) is 0 Å². The van der Waals surface area contributed by atoms with Crippen LogP contribution in [0.25, 0.3) is 11.1 Å². The number of likely N-dealkylation sites (tertiary alicyclic amines) is 1. The zero-order chi connectivity index (χ0) is 19.7. The van der Waals surface area contributed by atoms with Crippen LogP contribution in [0.3, 0.4) is 0 Å². The average molecular weight is 378 g/mol. The summed E-state index contributed by atoms with van der Waals surface area (Å²) < 4.78 is 0. The smallest absolute Gasteiger partial charge is 0.223 e. The number of hydrogen-bond acceptors (Lipinski definition) is 3. The molecule has 2 aliphatic rings. The van der Waals surface area contributed by atoms with Gasteiger partial charge in [0.25, 0.3) is 0 Å². The molecule has 1 aliphatic heterocycles. The highest BCUT2D eigenvalue weighted by Crippen LogP contribution is 2.41. The summed E-state index contributed by atoms with van der Waals surface area (Å²) in [5.74, 6) is 0.164. The van der Waals surface area contributed by atoms with Crippen molar-refractivity contribution in [1.82, 2.24) is 10.2 Å². The first kappa shape index (κ1) is 18.7. The minimum atomic E-state index is -0.247. The third-order valence-electron chi connectivity index (χ3n) is 5.93. The Kier molecular flexibility index (Phi) is 5.18. The third-order valence-corrected chi connectivity index (χ3v) is 5.93. The number of nitrogens with one attached hydrogen (secondary N) is 1. The number of aliphatic hydroxyl groups is 1. The van der Waals surface area contributed by atoms with Crippen molar-refractivity contribution in [3.05, 3.63) is 60.2 Å². The van der Waals surface area contributed by atoms with E-state index in [9.17, 15) is 14.7 Å². The minimum absolute atomic E-state index is 0.0122. The molecule has 28 heavy (non-hydrogen) atoms. The zero-order valence-corrected chi connectivity index (χ0v) is 16.0. The average Bonchev–Trinajstić information content (AvgIpc) is 3.53. The number of hydrogen-bond donors (Lipinski definition) is 2. The molecule has 2 N–H and O–H groups in total. The Morgan fingerprint density at radius 1 is 1.00 bits per heavy atom. The van der Waals surface area contributed by atoms with Gasteiger partial charge >= 0.3 is 0 Å². The Hall–Kier alpha value is -2.66. The Balaban J connectivity index is 1.54. The van der Waals surface area contributed by atoms with Crippen molar-refractivity contribution in [2.75, 3.05) is 13.2 Å². The Morgan fingerprint density at radius 3 is 2.21 bits per heavy atom. The van der Waals surface area contributed by atoms with Gasteiger partial charge in [-0.3, -0.25) is 9.59 Å². The third kappa shape index (κ3) is 3.54. The van der Waals surface area contributed by atoms with Crippen LogP contribution < -0.4 is 5.32 Å². The van der Waals surface area contributed by atoms with E-state index in [2.05, 4.69) is 41.7 Å². The lowest BCUT2D eigenvalue weighted by Crippen LogP contribution is -2.68. The number of benzene rings is 2. The van der Waals surface area contributed by atoms with Gasteiger partial charge in [0.15, 0.2) is 0 Å². The van der Waals surface area contributed by atoms with Crippen molar-refractivity contribution in [1.29, 1.82) is 0 Å². The van der Waals surface area contributed by atoms with E-state index in [0.717, 1.165) is 29.5 Å². The maximum Gasteiger partial charge on any atom is 0.223 e. The van der Waals surface area contributed by atoms with Crippen molar-refractivity contribution in [2.24, 2.45) is 5.92 Å². The van der Waals surface area contributed by atoms with Crippen LogP contribution in [-0.2, 0) is 9.59 Å². The lowest BCUT2D eigenvalue weighted by atomic mass is 9.74. The van der Waals surface area contributed by atoms with Gasteiger partial charge < -0.3 is 15.3 Å². The molecular formula is C23H26N2O3. The summed E-state index contributed by atoms with van der Waals surface area (Å²) in [6, 6.07) is 18.1. The molecule has 1 aliphatic carbocycles. The summed E-state index contributed by atoms with van der Waals surface area (Å²) in [4.78, 5) is 25.9. The Morgan fingerprint density at radius 2 is 1.64 bits per heavy atom. The lowest BCUT2D eigenvalue weighted by Gasteiger charge is -2.54. The summed E-state index contributed by atoms with van der Waals surface area (Å²) in [7, 11) is 0. The Bertz CT molecular complexity index is 846. The second-order valence-corrected chi connectivity index (χ2v) is 7.78. The first-order valence-electron chi connectivity index (χ1n) is 9.93. The highest BCUT2D eigenvalue weighted by molar-refractivity contribution is 5.81. The van der Waals surface area contributed by atoms with Gasteiger partial charge in [-0.2, -0.15) is 0 Å². The normalized spacial score (nSPS) is 23.8. The van der Waals surface area contributed by atoms with Crippen molar-refractivity contribution in [3.63, 3.8) is 0 Å². The van der Waals surface area contributed by atoms with Crippen molar-refractivity contribution >= 4 is 11.8 Å². The largest absolute Gasteiger partial charge is 0.394 e. The fraction of sp³-hybridized carbons (Fsp3) is 0.391. The quantitative estimate of drug-likeness (QED) is 0.812. The fourth-order valence-electron chi connectivity index (χ4n) is 4.31. The predicted molar refractivity (Wildman–Crippen MR) is 108 cm³/mol. The van der Waals surface area contributed by atoms with Crippen LogP contribution >= 0.6 is 0 Å². The molecule has 2 amide bonds. The predicted octanol–water partition coefficient (Wildman–Crippen LogP) is 2.56. The van der Waals surface area contributed by atoms with E-state index >= 15 is 0 Å². The first-order chi connectivity index (χ1) is 13.6. The van der Waals surface area contributed by atoms with Gasteiger partial charge in [0.2, 0.25) is 11.8 Å². The van der Waals surface area contributed by atoms with Crippen LogP contribution in [0.1, 0.15) is 31.2 Å². The topological polar surface area (TPSA) is 69.6 Å². The van der Waals surface area contributed by atoms with Crippen molar-refractivity contribution in [2.45, 2.75) is 37.8 Å². The minimum Gasteiger partial charge on any atom is -0.394 e. The van der Waals surface area contributed by atoms with Gasteiger partial charge in [0, 0.05) is 25.3 Å². The van der Waals surface area contributed by atoms with Gasteiger partial charge in [-0.15, -0.1) is 0 Å². The SMILES string of the molecule is CC(=O)N1[C@@H](CO)[C@H](c2ccc(-c3ccccc3)cc2)[C@@H]1CNC(=O)C1CC1. The maximum absolute atomic E-state index is 12.1. The number of rotatable bonds is 6. The molecule has 5 heteroatoms.